The van der Waals surface area contributed by atoms with Gasteiger partial charge >= 0.3 is 6.03 Å². The van der Waals surface area contributed by atoms with E-state index in [0.717, 1.165) is 57.2 Å². The smallest absolute Gasteiger partial charge is 0.323 e. The molecular formula is C15H25N5O2S. The number of anilines is 1. The molecular weight excluding hydrogens is 314 g/mol. The van der Waals surface area contributed by atoms with Gasteiger partial charge in [0, 0.05) is 51.4 Å². The zero-order valence-corrected chi connectivity index (χ0v) is 14.6. The molecule has 2 saturated heterocycles. The van der Waals surface area contributed by atoms with Crippen LogP contribution in [0.2, 0.25) is 0 Å². The predicted molar refractivity (Wildman–Crippen MR) is 90.0 cm³/mol. The van der Waals surface area contributed by atoms with Gasteiger partial charge in [-0.3, -0.25) is 10.2 Å². The lowest BCUT2D eigenvalue weighted by Crippen LogP contribution is -2.51. The van der Waals surface area contributed by atoms with Gasteiger partial charge in [0.05, 0.1) is 0 Å². The first-order valence-corrected chi connectivity index (χ1v) is 9.16. The summed E-state index contributed by atoms with van der Waals surface area (Å²) in [4.78, 5) is 16.6. The van der Waals surface area contributed by atoms with Gasteiger partial charge in [-0.2, -0.15) is 0 Å². The SMILES string of the molecule is CC(C)N1CCN(C(=O)Nc2nnc(C3CCOCC3)s2)CC1. The van der Waals surface area contributed by atoms with Gasteiger partial charge in [0.2, 0.25) is 5.13 Å². The predicted octanol–water partition coefficient (Wildman–Crippen LogP) is 1.99. The Labute approximate surface area is 141 Å². The van der Waals surface area contributed by atoms with Crippen LogP contribution >= 0.6 is 11.3 Å². The van der Waals surface area contributed by atoms with Crippen LogP contribution in [-0.4, -0.2) is 71.5 Å². The van der Waals surface area contributed by atoms with Crippen molar-refractivity contribution in [3.05, 3.63) is 5.01 Å². The van der Waals surface area contributed by atoms with Crippen LogP contribution in [0.15, 0.2) is 0 Å². The molecule has 2 amide bonds. The van der Waals surface area contributed by atoms with Crippen LogP contribution in [0, 0.1) is 0 Å². The van der Waals surface area contributed by atoms with Crippen LogP contribution in [0.5, 0.6) is 0 Å². The third kappa shape index (κ3) is 4.19. The van der Waals surface area contributed by atoms with E-state index in [1.807, 2.05) is 4.90 Å². The molecule has 23 heavy (non-hydrogen) atoms. The highest BCUT2D eigenvalue weighted by molar-refractivity contribution is 7.15. The molecule has 3 rings (SSSR count). The van der Waals surface area contributed by atoms with Crippen molar-refractivity contribution in [1.29, 1.82) is 0 Å². The molecule has 1 aromatic rings. The van der Waals surface area contributed by atoms with Crippen LogP contribution in [0.1, 0.15) is 37.6 Å². The number of hydrogen-bond donors (Lipinski definition) is 1. The molecule has 1 N–H and O–H groups in total. The minimum Gasteiger partial charge on any atom is -0.381 e. The largest absolute Gasteiger partial charge is 0.381 e. The Kier molecular flexibility index (Phi) is 5.45. The maximum Gasteiger partial charge on any atom is 0.323 e. The summed E-state index contributed by atoms with van der Waals surface area (Å²) in [6.45, 7) is 9.32. The molecule has 1 aromatic heterocycles. The molecule has 0 bridgehead atoms. The summed E-state index contributed by atoms with van der Waals surface area (Å²) >= 11 is 1.49. The van der Waals surface area contributed by atoms with E-state index in [2.05, 4.69) is 34.3 Å². The Morgan fingerprint density at radius 2 is 1.91 bits per heavy atom. The molecule has 3 heterocycles. The highest BCUT2D eigenvalue weighted by Gasteiger charge is 2.24. The first kappa shape index (κ1) is 16.6. The number of piperazine rings is 1. The van der Waals surface area contributed by atoms with Crippen molar-refractivity contribution in [1.82, 2.24) is 20.0 Å². The monoisotopic (exact) mass is 339 g/mol. The van der Waals surface area contributed by atoms with Crippen molar-refractivity contribution in [2.45, 2.75) is 38.6 Å². The van der Waals surface area contributed by atoms with E-state index in [1.165, 1.54) is 11.3 Å². The Morgan fingerprint density at radius 1 is 1.22 bits per heavy atom. The van der Waals surface area contributed by atoms with Crippen molar-refractivity contribution < 1.29 is 9.53 Å². The summed E-state index contributed by atoms with van der Waals surface area (Å²) in [5.41, 5.74) is 0. The van der Waals surface area contributed by atoms with Crippen LogP contribution < -0.4 is 5.32 Å². The molecule has 2 fully saturated rings. The summed E-state index contributed by atoms with van der Waals surface area (Å²) < 4.78 is 5.37. The molecule has 2 aliphatic rings. The lowest BCUT2D eigenvalue weighted by Gasteiger charge is -2.36. The Bertz CT molecular complexity index is 522. The highest BCUT2D eigenvalue weighted by atomic mass is 32.1. The molecule has 128 valence electrons. The second-order valence-corrected chi connectivity index (χ2v) is 7.39. The van der Waals surface area contributed by atoms with E-state index in [0.29, 0.717) is 17.1 Å². The third-order valence-corrected chi connectivity index (χ3v) is 5.56. The van der Waals surface area contributed by atoms with Crippen molar-refractivity contribution in [3.63, 3.8) is 0 Å². The Hall–Kier alpha value is -1.25. The highest BCUT2D eigenvalue weighted by Crippen LogP contribution is 2.30. The summed E-state index contributed by atoms with van der Waals surface area (Å²) in [6.07, 6.45) is 1.97. The molecule has 8 heteroatoms. The van der Waals surface area contributed by atoms with Gasteiger partial charge < -0.3 is 9.64 Å². The van der Waals surface area contributed by atoms with Gasteiger partial charge in [0.15, 0.2) is 0 Å². The summed E-state index contributed by atoms with van der Waals surface area (Å²) in [5.74, 6) is 0.418. The van der Waals surface area contributed by atoms with E-state index < -0.39 is 0 Å². The first-order chi connectivity index (χ1) is 11.1. The minimum absolute atomic E-state index is 0.0666. The molecule has 0 radical (unpaired) electrons. The number of urea groups is 1. The lowest BCUT2D eigenvalue weighted by atomic mass is 10.0. The molecule has 0 saturated carbocycles. The third-order valence-electron chi connectivity index (χ3n) is 4.56. The maximum absolute atomic E-state index is 12.3. The number of hydrogen-bond acceptors (Lipinski definition) is 6. The second-order valence-electron chi connectivity index (χ2n) is 6.38. The Balaban J connectivity index is 1.51. The average Bonchev–Trinajstić information content (AvgIpc) is 3.04. The maximum atomic E-state index is 12.3. The number of ether oxygens (including phenoxy) is 1. The number of carbonyl (C=O) groups is 1. The van der Waals surface area contributed by atoms with Crippen molar-refractivity contribution in [2.75, 3.05) is 44.7 Å². The standard InChI is InChI=1S/C15H25N5O2S/c1-11(2)19-5-7-20(8-6-19)15(21)16-14-18-17-13(23-14)12-3-9-22-10-4-12/h11-12H,3-10H2,1-2H3,(H,16,18,21). The van der Waals surface area contributed by atoms with E-state index in [1.54, 1.807) is 0 Å². The minimum atomic E-state index is -0.0666. The fourth-order valence-electron chi connectivity index (χ4n) is 3.01. The molecule has 2 aliphatic heterocycles. The topological polar surface area (TPSA) is 70.6 Å². The molecule has 0 aromatic carbocycles. The van der Waals surface area contributed by atoms with E-state index in [9.17, 15) is 4.79 Å². The molecule has 0 unspecified atom stereocenters. The van der Waals surface area contributed by atoms with Gasteiger partial charge in [-0.25, -0.2) is 4.79 Å². The van der Waals surface area contributed by atoms with Crippen LogP contribution in [0.25, 0.3) is 0 Å². The normalized spacial score (nSPS) is 20.9. The van der Waals surface area contributed by atoms with Crippen LogP contribution in [0.3, 0.4) is 0 Å². The number of carbonyl (C=O) groups excluding carboxylic acids is 1. The average molecular weight is 339 g/mol. The quantitative estimate of drug-likeness (QED) is 0.912. The van der Waals surface area contributed by atoms with Crippen LogP contribution in [0.4, 0.5) is 9.93 Å². The molecule has 7 nitrogen and oxygen atoms in total. The number of nitrogens with zero attached hydrogens (tertiary/aromatic N) is 4. The molecule has 0 spiro atoms. The van der Waals surface area contributed by atoms with Crippen molar-refractivity contribution in [2.24, 2.45) is 0 Å². The van der Waals surface area contributed by atoms with Gasteiger partial charge in [0.25, 0.3) is 0 Å². The lowest BCUT2D eigenvalue weighted by molar-refractivity contribution is 0.0851. The van der Waals surface area contributed by atoms with E-state index >= 15 is 0 Å². The zero-order chi connectivity index (χ0) is 16.2. The number of aromatic nitrogens is 2. The van der Waals surface area contributed by atoms with Gasteiger partial charge in [-0.15, -0.1) is 10.2 Å². The summed E-state index contributed by atoms with van der Waals surface area (Å²) in [5, 5.41) is 12.9. The Morgan fingerprint density at radius 3 is 2.57 bits per heavy atom. The number of rotatable bonds is 3. The van der Waals surface area contributed by atoms with E-state index in [4.69, 9.17) is 4.74 Å². The van der Waals surface area contributed by atoms with Crippen molar-refractivity contribution in [3.8, 4) is 0 Å². The number of amides is 2. The fourth-order valence-corrected chi connectivity index (χ4v) is 3.91. The molecule has 0 aliphatic carbocycles. The summed E-state index contributed by atoms with van der Waals surface area (Å²) in [6, 6.07) is 0.466. The summed E-state index contributed by atoms with van der Waals surface area (Å²) in [7, 11) is 0. The van der Waals surface area contributed by atoms with Crippen LogP contribution in [-0.2, 0) is 4.74 Å². The molecule has 0 atom stereocenters. The van der Waals surface area contributed by atoms with Gasteiger partial charge in [-0.05, 0) is 26.7 Å². The number of nitrogens with one attached hydrogen (secondary N) is 1. The van der Waals surface area contributed by atoms with Gasteiger partial charge in [0.1, 0.15) is 5.01 Å². The fraction of sp³-hybridized carbons (Fsp3) is 0.800. The van der Waals surface area contributed by atoms with Crippen molar-refractivity contribution >= 4 is 22.5 Å². The van der Waals surface area contributed by atoms with E-state index in [-0.39, 0.29) is 6.03 Å². The van der Waals surface area contributed by atoms with Gasteiger partial charge in [-0.1, -0.05) is 11.3 Å². The zero-order valence-electron chi connectivity index (χ0n) is 13.8. The second kappa shape index (κ2) is 7.55. The first-order valence-electron chi connectivity index (χ1n) is 8.34.